The number of rotatable bonds is 1. The number of aromatic amines is 1. The highest BCUT2D eigenvalue weighted by Crippen LogP contribution is 2.30. The Hall–Kier alpha value is -2.81. The Kier molecular flexibility index (Phi) is 2.48. The van der Waals surface area contributed by atoms with E-state index in [1.807, 2.05) is 49.5 Å². The lowest BCUT2D eigenvalue weighted by Gasteiger charge is -2.04. The van der Waals surface area contributed by atoms with Gasteiger partial charge in [0.15, 0.2) is 5.43 Å². The summed E-state index contributed by atoms with van der Waals surface area (Å²) < 4.78 is 6.01. The van der Waals surface area contributed by atoms with Gasteiger partial charge in [-0.15, -0.1) is 0 Å². The fourth-order valence-electron chi connectivity index (χ4n) is 2.73. The lowest BCUT2D eigenvalue weighted by Crippen LogP contribution is -2.00. The van der Waals surface area contributed by atoms with E-state index in [4.69, 9.17) is 4.42 Å². The van der Waals surface area contributed by atoms with Crippen molar-refractivity contribution < 1.29 is 4.42 Å². The Labute approximate surface area is 120 Å². The van der Waals surface area contributed by atoms with Crippen molar-refractivity contribution in [3.05, 3.63) is 70.5 Å². The number of benzene rings is 2. The third-order valence-electron chi connectivity index (χ3n) is 3.81. The van der Waals surface area contributed by atoms with E-state index < -0.39 is 0 Å². The van der Waals surface area contributed by atoms with Crippen LogP contribution in [0.15, 0.2) is 63.9 Å². The third kappa shape index (κ3) is 1.78. The van der Waals surface area contributed by atoms with E-state index in [1.54, 1.807) is 12.1 Å². The minimum Gasteiger partial charge on any atom is -0.455 e. The van der Waals surface area contributed by atoms with Gasteiger partial charge in [-0.05, 0) is 24.6 Å². The molecule has 2 heterocycles. The van der Waals surface area contributed by atoms with Crippen LogP contribution in [-0.4, -0.2) is 4.98 Å². The molecule has 3 nitrogen and oxygen atoms in total. The smallest absolute Gasteiger partial charge is 0.193 e. The second-order valence-electron chi connectivity index (χ2n) is 5.17. The Morgan fingerprint density at radius 3 is 2.71 bits per heavy atom. The molecule has 0 unspecified atom stereocenters. The van der Waals surface area contributed by atoms with E-state index >= 15 is 0 Å². The molecule has 3 heteroatoms. The Morgan fingerprint density at radius 2 is 1.81 bits per heavy atom. The van der Waals surface area contributed by atoms with Crippen LogP contribution in [0.1, 0.15) is 5.56 Å². The fraction of sp³-hybridized carbons (Fsp3) is 0.0556. The van der Waals surface area contributed by atoms with Gasteiger partial charge in [-0.2, -0.15) is 0 Å². The molecule has 0 atom stereocenters. The molecule has 0 bridgehead atoms. The molecule has 0 amide bonds. The zero-order valence-electron chi connectivity index (χ0n) is 11.5. The van der Waals surface area contributed by atoms with Gasteiger partial charge < -0.3 is 9.40 Å². The van der Waals surface area contributed by atoms with Crippen LogP contribution >= 0.6 is 0 Å². The highest BCUT2D eigenvalue weighted by Gasteiger charge is 2.11. The zero-order valence-corrected chi connectivity index (χ0v) is 11.5. The molecule has 4 aromatic rings. The van der Waals surface area contributed by atoms with Crippen molar-refractivity contribution >= 4 is 21.9 Å². The molecule has 2 aromatic carbocycles. The maximum Gasteiger partial charge on any atom is 0.193 e. The number of aryl methyl sites for hydroxylation is 1. The number of fused-ring (bicyclic) bond motifs is 2. The van der Waals surface area contributed by atoms with Gasteiger partial charge in [-0.3, -0.25) is 4.79 Å². The summed E-state index contributed by atoms with van der Waals surface area (Å²) in [5, 5.41) is 1.67. The quantitative estimate of drug-likeness (QED) is 0.564. The predicted octanol–water partition coefficient (Wildman–Crippen LogP) is 4.25. The number of hydrogen-bond acceptors (Lipinski definition) is 2. The zero-order chi connectivity index (χ0) is 14.4. The van der Waals surface area contributed by atoms with Gasteiger partial charge in [0.2, 0.25) is 0 Å². The van der Waals surface area contributed by atoms with E-state index in [0.717, 1.165) is 22.0 Å². The van der Waals surface area contributed by atoms with Gasteiger partial charge in [0, 0.05) is 28.7 Å². The summed E-state index contributed by atoms with van der Waals surface area (Å²) >= 11 is 0. The second-order valence-corrected chi connectivity index (χ2v) is 5.17. The van der Waals surface area contributed by atoms with Crippen LogP contribution in [0.25, 0.3) is 33.2 Å². The van der Waals surface area contributed by atoms with E-state index in [9.17, 15) is 4.79 Å². The van der Waals surface area contributed by atoms with E-state index in [1.165, 1.54) is 0 Å². The Bertz CT molecular complexity index is 1020. The van der Waals surface area contributed by atoms with Crippen molar-refractivity contribution in [1.29, 1.82) is 0 Å². The van der Waals surface area contributed by atoms with Gasteiger partial charge in [0.05, 0.1) is 5.39 Å². The summed E-state index contributed by atoms with van der Waals surface area (Å²) in [5.74, 6) is 0.597. The van der Waals surface area contributed by atoms with Crippen LogP contribution in [0, 0.1) is 6.92 Å². The Morgan fingerprint density at radius 1 is 1.00 bits per heavy atom. The monoisotopic (exact) mass is 275 g/mol. The number of para-hydroxylation sites is 2. The molecule has 102 valence electrons. The van der Waals surface area contributed by atoms with E-state index in [2.05, 4.69) is 4.98 Å². The summed E-state index contributed by atoms with van der Waals surface area (Å²) in [6.45, 7) is 1.95. The molecule has 0 saturated heterocycles. The predicted molar refractivity (Wildman–Crippen MR) is 84.5 cm³/mol. The average molecular weight is 275 g/mol. The minimum absolute atomic E-state index is 0.0137. The molecule has 0 aliphatic heterocycles. The van der Waals surface area contributed by atoms with Crippen LogP contribution in [0.2, 0.25) is 0 Å². The lowest BCUT2D eigenvalue weighted by atomic mass is 10.1. The van der Waals surface area contributed by atoms with Crippen LogP contribution in [0.5, 0.6) is 0 Å². The lowest BCUT2D eigenvalue weighted by molar-refractivity contribution is 0.617. The van der Waals surface area contributed by atoms with Crippen molar-refractivity contribution in [3.63, 3.8) is 0 Å². The summed E-state index contributed by atoms with van der Waals surface area (Å²) in [6, 6.07) is 15.2. The maximum absolute atomic E-state index is 12.3. The summed E-state index contributed by atoms with van der Waals surface area (Å²) in [6.07, 6.45) is 1.88. The van der Waals surface area contributed by atoms with E-state index in [0.29, 0.717) is 16.7 Å². The van der Waals surface area contributed by atoms with Crippen molar-refractivity contribution in [2.75, 3.05) is 0 Å². The first-order valence-electron chi connectivity index (χ1n) is 6.84. The average Bonchev–Trinajstić information content (AvgIpc) is 2.92. The minimum atomic E-state index is -0.0137. The molecule has 0 radical (unpaired) electrons. The number of hydrogen-bond donors (Lipinski definition) is 1. The standard InChI is InChI=1S/C18H13NO2/c1-11-5-4-7-13-16(20)9-17(21-18(11)13)14-10-19-15-8-3-2-6-12(14)15/h2-10,19H,1H3. The van der Waals surface area contributed by atoms with Crippen LogP contribution in [-0.2, 0) is 0 Å². The summed E-state index contributed by atoms with van der Waals surface area (Å²) in [7, 11) is 0. The number of nitrogens with one attached hydrogen (secondary N) is 1. The van der Waals surface area contributed by atoms with Crippen LogP contribution in [0.3, 0.4) is 0 Å². The molecule has 1 N–H and O–H groups in total. The molecule has 0 fully saturated rings. The van der Waals surface area contributed by atoms with Crippen molar-refractivity contribution in [3.8, 4) is 11.3 Å². The van der Waals surface area contributed by atoms with Crippen LogP contribution in [0.4, 0.5) is 0 Å². The second kappa shape index (κ2) is 4.35. The molecular weight excluding hydrogens is 262 g/mol. The summed E-state index contributed by atoms with van der Waals surface area (Å²) in [5.41, 5.74) is 3.55. The highest BCUT2D eigenvalue weighted by atomic mass is 16.3. The maximum atomic E-state index is 12.3. The first kappa shape index (κ1) is 12.0. The van der Waals surface area contributed by atoms with Crippen LogP contribution < -0.4 is 5.43 Å². The molecular formula is C18H13NO2. The molecule has 2 aromatic heterocycles. The molecule has 21 heavy (non-hydrogen) atoms. The number of H-pyrrole nitrogens is 1. The molecule has 0 spiro atoms. The highest BCUT2D eigenvalue weighted by molar-refractivity contribution is 5.95. The third-order valence-corrected chi connectivity index (χ3v) is 3.81. The van der Waals surface area contributed by atoms with Gasteiger partial charge in [-0.25, -0.2) is 0 Å². The molecule has 0 aliphatic carbocycles. The largest absolute Gasteiger partial charge is 0.455 e. The number of aromatic nitrogens is 1. The molecule has 4 rings (SSSR count). The van der Waals surface area contributed by atoms with Gasteiger partial charge in [-0.1, -0.05) is 30.3 Å². The van der Waals surface area contributed by atoms with Gasteiger partial charge in [0.1, 0.15) is 11.3 Å². The Balaban J connectivity index is 2.07. The van der Waals surface area contributed by atoms with E-state index in [-0.39, 0.29) is 5.43 Å². The fourth-order valence-corrected chi connectivity index (χ4v) is 2.73. The van der Waals surface area contributed by atoms with Gasteiger partial charge >= 0.3 is 0 Å². The summed E-state index contributed by atoms with van der Waals surface area (Å²) in [4.78, 5) is 15.5. The van der Waals surface area contributed by atoms with Crippen molar-refractivity contribution in [1.82, 2.24) is 4.98 Å². The SMILES string of the molecule is Cc1cccc2c(=O)cc(-c3c[nH]c4ccccc34)oc12. The molecule has 0 aliphatic rings. The topological polar surface area (TPSA) is 46.0 Å². The van der Waals surface area contributed by atoms with Crippen molar-refractivity contribution in [2.24, 2.45) is 0 Å². The first-order valence-corrected chi connectivity index (χ1v) is 6.84. The van der Waals surface area contributed by atoms with Crippen molar-refractivity contribution in [2.45, 2.75) is 6.92 Å². The van der Waals surface area contributed by atoms with Gasteiger partial charge in [0.25, 0.3) is 0 Å². The first-order chi connectivity index (χ1) is 10.2. The normalized spacial score (nSPS) is 11.3. The molecule has 0 saturated carbocycles.